The summed E-state index contributed by atoms with van der Waals surface area (Å²) in [4.78, 5) is 6.61. The number of para-hydroxylation sites is 1. The van der Waals surface area contributed by atoms with Gasteiger partial charge >= 0.3 is 0 Å². The number of rotatable bonds is 5. The number of hydrogen-bond donors (Lipinski definition) is 0. The first-order valence-electron chi connectivity index (χ1n) is 8.69. The molecule has 0 saturated heterocycles. The van der Waals surface area contributed by atoms with Crippen LogP contribution in [0, 0.1) is 0 Å². The highest BCUT2D eigenvalue weighted by atomic mass is 16.5. The van der Waals surface area contributed by atoms with Gasteiger partial charge in [-0.2, -0.15) is 0 Å². The lowest BCUT2D eigenvalue weighted by Gasteiger charge is -2.20. The topological polar surface area (TPSA) is 25.4 Å². The lowest BCUT2D eigenvalue weighted by molar-refractivity contribution is 0.414. The predicted molar refractivity (Wildman–Crippen MR) is 101 cm³/mol. The van der Waals surface area contributed by atoms with Crippen molar-refractivity contribution in [2.75, 3.05) is 18.6 Å². The van der Waals surface area contributed by atoms with Crippen LogP contribution in [0.25, 0.3) is 0 Å². The quantitative estimate of drug-likeness (QED) is 0.692. The zero-order chi connectivity index (χ0) is 17.1. The number of nitrogens with zero attached hydrogens (tertiary/aromatic N) is 2. The Hall–Kier alpha value is -2.81. The third-order valence-electron chi connectivity index (χ3n) is 4.92. The first-order valence-corrected chi connectivity index (χ1v) is 8.69. The highest BCUT2D eigenvalue weighted by molar-refractivity contribution is 5.60. The minimum Gasteiger partial charge on any atom is -0.497 e. The van der Waals surface area contributed by atoms with E-state index in [2.05, 4.69) is 58.4 Å². The van der Waals surface area contributed by atoms with Crippen molar-refractivity contribution in [2.45, 2.75) is 18.9 Å². The molecule has 1 unspecified atom stereocenters. The molecule has 0 amide bonds. The molecule has 1 aliphatic rings. The van der Waals surface area contributed by atoms with Gasteiger partial charge in [0.15, 0.2) is 0 Å². The molecular weight excluding hydrogens is 308 g/mol. The van der Waals surface area contributed by atoms with Crippen LogP contribution in [0.4, 0.5) is 5.69 Å². The number of aromatic nitrogens is 1. The van der Waals surface area contributed by atoms with Gasteiger partial charge in [0.05, 0.1) is 7.11 Å². The maximum Gasteiger partial charge on any atom is 0.118 e. The largest absolute Gasteiger partial charge is 0.497 e. The lowest BCUT2D eigenvalue weighted by Crippen LogP contribution is -2.21. The molecule has 3 heteroatoms. The third kappa shape index (κ3) is 3.36. The van der Waals surface area contributed by atoms with Crippen molar-refractivity contribution in [3.05, 3.63) is 89.7 Å². The molecule has 0 fully saturated rings. The van der Waals surface area contributed by atoms with E-state index in [-0.39, 0.29) is 0 Å². The van der Waals surface area contributed by atoms with E-state index >= 15 is 0 Å². The van der Waals surface area contributed by atoms with Crippen molar-refractivity contribution in [3.63, 3.8) is 0 Å². The lowest BCUT2D eigenvalue weighted by atomic mass is 9.94. The average Bonchev–Trinajstić information content (AvgIpc) is 3.01. The van der Waals surface area contributed by atoms with Gasteiger partial charge in [-0.15, -0.1) is 0 Å². The summed E-state index contributed by atoms with van der Waals surface area (Å²) in [5.74, 6) is 1.43. The summed E-state index contributed by atoms with van der Waals surface area (Å²) >= 11 is 0. The molecule has 3 aromatic rings. The predicted octanol–water partition coefficient (Wildman–Crippen LogP) is 4.44. The summed E-state index contributed by atoms with van der Waals surface area (Å²) in [6.45, 7) is 1.98. The molecule has 0 aliphatic carbocycles. The van der Waals surface area contributed by atoms with E-state index in [1.807, 2.05) is 24.5 Å². The molecule has 0 bridgehead atoms. The first kappa shape index (κ1) is 15.7. The standard InChI is InChI=1S/C22H22N2O/c1-25-20-8-6-17(7-9-20)14-19-16-24(15-18-10-12-23-13-11-18)22-5-3-2-4-21(19)22/h2-13,19H,14-16H2,1H3. The van der Waals surface area contributed by atoms with E-state index in [1.165, 1.54) is 22.4 Å². The molecule has 126 valence electrons. The Labute approximate surface area is 148 Å². The van der Waals surface area contributed by atoms with Gasteiger partial charge in [-0.3, -0.25) is 4.98 Å². The van der Waals surface area contributed by atoms with Crippen LogP contribution in [-0.4, -0.2) is 18.6 Å². The molecule has 25 heavy (non-hydrogen) atoms. The molecule has 4 rings (SSSR count). The van der Waals surface area contributed by atoms with Crippen LogP contribution in [0.1, 0.15) is 22.6 Å². The molecule has 1 aliphatic heterocycles. The SMILES string of the molecule is COc1ccc(CC2CN(Cc3ccncc3)c3ccccc32)cc1. The molecule has 0 N–H and O–H groups in total. The molecular formula is C22H22N2O. The van der Waals surface area contributed by atoms with Crippen LogP contribution in [0.5, 0.6) is 5.75 Å². The Morgan fingerprint density at radius 1 is 0.960 bits per heavy atom. The maximum atomic E-state index is 5.27. The van der Waals surface area contributed by atoms with Gasteiger partial charge in [-0.25, -0.2) is 0 Å². The zero-order valence-corrected chi connectivity index (χ0v) is 14.4. The molecule has 0 saturated carbocycles. The third-order valence-corrected chi connectivity index (χ3v) is 4.92. The second-order valence-electron chi connectivity index (χ2n) is 6.54. The van der Waals surface area contributed by atoms with Crippen LogP contribution < -0.4 is 9.64 Å². The second-order valence-corrected chi connectivity index (χ2v) is 6.54. The van der Waals surface area contributed by atoms with E-state index in [9.17, 15) is 0 Å². The monoisotopic (exact) mass is 330 g/mol. The molecule has 0 spiro atoms. The molecule has 3 nitrogen and oxygen atoms in total. The average molecular weight is 330 g/mol. The van der Waals surface area contributed by atoms with Crippen molar-refractivity contribution in [1.29, 1.82) is 0 Å². The van der Waals surface area contributed by atoms with Gasteiger partial charge in [0.1, 0.15) is 5.75 Å². The Morgan fingerprint density at radius 3 is 2.48 bits per heavy atom. The van der Waals surface area contributed by atoms with E-state index in [0.29, 0.717) is 5.92 Å². The smallest absolute Gasteiger partial charge is 0.118 e. The molecule has 0 radical (unpaired) electrons. The zero-order valence-electron chi connectivity index (χ0n) is 14.4. The molecule has 2 heterocycles. The highest BCUT2D eigenvalue weighted by Gasteiger charge is 2.28. The second kappa shape index (κ2) is 6.98. The van der Waals surface area contributed by atoms with Crippen molar-refractivity contribution >= 4 is 5.69 Å². The minimum absolute atomic E-state index is 0.520. The van der Waals surface area contributed by atoms with Crippen molar-refractivity contribution in [3.8, 4) is 5.75 Å². The van der Waals surface area contributed by atoms with Gasteiger partial charge in [0.25, 0.3) is 0 Å². The van der Waals surface area contributed by atoms with Crippen molar-refractivity contribution < 1.29 is 4.74 Å². The van der Waals surface area contributed by atoms with Crippen LogP contribution >= 0.6 is 0 Å². The van der Waals surface area contributed by atoms with Crippen molar-refractivity contribution in [2.24, 2.45) is 0 Å². The summed E-state index contributed by atoms with van der Waals surface area (Å²) in [5, 5.41) is 0. The number of methoxy groups -OCH3 is 1. The van der Waals surface area contributed by atoms with Crippen LogP contribution in [0.3, 0.4) is 0 Å². The Kier molecular flexibility index (Phi) is 4.38. The highest BCUT2D eigenvalue weighted by Crippen LogP contribution is 2.38. The number of pyridine rings is 1. The summed E-state index contributed by atoms with van der Waals surface area (Å²) in [6, 6.07) is 21.4. The summed E-state index contributed by atoms with van der Waals surface area (Å²) in [6.07, 6.45) is 4.78. The summed E-state index contributed by atoms with van der Waals surface area (Å²) in [7, 11) is 1.71. The van der Waals surface area contributed by atoms with E-state index in [1.54, 1.807) is 7.11 Å². The number of fused-ring (bicyclic) bond motifs is 1. The number of hydrogen-bond acceptors (Lipinski definition) is 3. The van der Waals surface area contributed by atoms with E-state index in [4.69, 9.17) is 4.74 Å². The maximum absolute atomic E-state index is 5.27. The minimum atomic E-state index is 0.520. The number of benzene rings is 2. The van der Waals surface area contributed by atoms with Crippen molar-refractivity contribution in [1.82, 2.24) is 4.98 Å². The fourth-order valence-corrected chi connectivity index (χ4v) is 3.66. The first-order chi connectivity index (χ1) is 12.3. The Balaban J connectivity index is 1.55. The molecule has 2 aromatic carbocycles. The number of ether oxygens (including phenoxy) is 1. The summed E-state index contributed by atoms with van der Waals surface area (Å²) in [5.41, 5.74) is 5.46. The van der Waals surface area contributed by atoms with Crippen LogP contribution in [0.15, 0.2) is 73.1 Å². The Bertz CT molecular complexity index is 830. The summed E-state index contributed by atoms with van der Waals surface area (Å²) < 4.78 is 5.27. The fraction of sp³-hybridized carbons (Fsp3) is 0.227. The Morgan fingerprint density at radius 2 is 1.72 bits per heavy atom. The van der Waals surface area contributed by atoms with Crippen LogP contribution in [0.2, 0.25) is 0 Å². The van der Waals surface area contributed by atoms with E-state index < -0.39 is 0 Å². The fourth-order valence-electron chi connectivity index (χ4n) is 3.66. The molecule has 1 atom stereocenters. The number of anilines is 1. The molecule has 1 aromatic heterocycles. The van der Waals surface area contributed by atoms with E-state index in [0.717, 1.165) is 25.3 Å². The normalized spacial score (nSPS) is 15.9. The van der Waals surface area contributed by atoms with Gasteiger partial charge in [0.2, 0.25) is 0 Å². The van der Waals surface area contributed by atoms with Gasteiger partial charge < -0.3 is 9.64 Å². The van der Waals surface area contributed by atoms with Crippen LogP contribution in [-0.2, 0) is 13.0 Å². The van der Waals surface area contributed by atoms with Gasteiger partial charge in [-0.1, -0.05) is 30.3 Å². The van der Waals surface area contributed by atoms with Gasteiger partial charge in [-0.05, 0) is 53.4 Å². The van der Waals surface area contributed by atoms with Gasteiger partial charge in [0, 0.05) is 37.1 Å².